The minimum atomic E-state index is -0.741. The predicted molar refractivity (Wildman–Crippen MR) is 78.9 cm³/mol. The molecule has 2 rings (SSSR count). The second-order valence-corrected chi connectivity index (χ2v) is 6.40. The van der Waals surface area contributed by atoms with Crippen LogP contribution >= 0.6 is 0 Å². The Labute approximate surface area is 126 Å². The molecule has 5 heteroatoms. The number of hydrogen-bond acceptors (Lipinski definition) is 3. The zero-order valence-corrected chi connectivity index (χ0v) is 12.9. The molecule has 5 nitrogen and oxygen atoms in total. The molecule has 0 bridgehead atoms. The van der Waals surface area contributed by atoms with E-state index in [2.05, 4.69) is 0 Å². The van der Waals surface area contributed by atoms with Gasteiger partial charge in [0.25, 0.3) is 0 Å². The Balaban J connectivity index is 1.69. The molecule has 1 N–H and O–H groups in total. The van der Waals surface area contributed by atoms with Crippen LogP contribution in [0.1, 0.15) is 51.9 Å². The zero-order chi connectivity index (χ0) is 15.2. The van der Waals surface area contributed by atoms with E-state index in [4.69, 9.17) is 9.84 Å². The van der Waals surface area contributed by atoms with Gasteiger partial charge < -0.3 is 14.7 Å². The SMILES string of the molecule is CCOC1CC(CC(=O)N2CCCC(CCC(=O)O)C2)C1. The molecule has 1 aliphatic heterocycles. The summed E-state index contributed by atoms with van der Waals surface area (Å²) < 4.78 is 5.53. The number of ether oxygens (including phenoxy) is 1. The van der Waals surface area contributed by atoms with Crippen molar-refractivity contribution in [1.29, 1.82) is 0 Å². The van der Waals surface area contributed by atoms with Crippen LogP contribution in [0.5, 0.6) is 0 Å². The number of aliphatic carboxylic acids is 1. The first kappa shape index (κ1) is 16.3. The summed E-state index contributed by atoms with van der Waals surface area (Å²) >= 11 is 0. The maximum atomic E-state index is 12.3. The highest BCUT2D eigenvalue weighted by atomic mass is 16.5. The van der Waals surface area contributed by atoms with Crippen molar-refractivity contribution in [3.8, 4) is 0 Å². The van der Waals surface area contributed by atoms with Gasteiger partial charge in [-0.25, -0.2) is 0 Å². The predicted octanol–water partition coefficient (Wildman–Crippen LogP) is 2.29. The lowest BCUT2D eigenvalue weighted by atomic mass is 9.79. The summed E-state index contributed by atoms with van der Waals surface area (Å²) in [4.78, 5) is 24.9. The van der Waals surface area contributed by atoms with E-state index in [1.165, 1.54) is 0 Å². The number of amides is 1. The maximum absolute atomic E-state index is 12.3. The minimum Gasteiger partial charge on any atom is -0.481 e. The Kier molecular flexibility index (Phi) is 6.03. The topological polar surface area (TPSA) is 66.8 Å². The van der Waals surface area contributed by atoms with Crippen LogP contribution in [0.2, 0.25) is 0 Å². The van der Waals surface area contributed by atoms with Crippen LogP contribution in [0.3, 0.4) is 0 Å². The molecule has 2 fully saturated rings. The quantitative estimate of drug-likeness (QED) is 0.783. The van der Waals surface area contributed by atoms with Crippen molar-refractivity contribution in [2.75, 3.05) is 19.7 Å². The number of piperidine rings is 1. The number of nitrogens with zero attached hydrogens (tertiary/aromatic N) is 1. The number of carboxylic acids is 1. The van der Waals surface area contributed by atoms with Crippen molar-refractivity contribution in [3.63, 3.8) is 0 Å². The summed E-state index contributed by atoms with van der Waals surface area (Å²) in [5.74, 6) is 0.342. The third kappa shape index (κ3) is 4.99. The number of rotatable bonds is 7. The molecule has 1 heterocycles. The molecule has 120 valence electrons. The summed E-state index contributed by atoms with van der Waals surface area (Å²) in [5, 5.41) is 8.75. The van der Waals surface area contributed by atoms with Crippen LogP contribution in [0.4, 0.5) is 0 Å². The highest BCUT2D eigenvalue weighted by Crippen LogP contribution is 2.33. The van der Waals surface area contributed by atoms with E-state index in [9.17, 15) is 9.59 Å². The molecule has 1 unspecified atom stereocenters. The lowest BCUT2D eigenvalue weighted by Crippen LogP contribution is -2.42. The van der Waals surface area contributed by atoms with E-state index in [0.29, 0.717) is 30.8 Å². The fourth-order valence-electron chi connectivity index (χ4n) is 3.44. The Morgan fingerprint density at radius 1 is 1.29 bits per heavy atom. The van der Waals surface area contributed by atoms with E-state index in [-0.39, 0.29) is 12.3 Å². The average molecular weight is 297 g/mol. The molecule has 0 aromatic rings. The summed E-state index contributed by atoms with van der Waals surface area (Å²) in [6.07, 6.45) is 5.97. The van der Waals surface area contributed by atoms with Gasteiger partial charge in [-0.15, -0.1) is 0 Å². The molecular formula is C16H27NO4. The standard InChI is InChI=1S/C16H27NO4/c1-2-21-14-8-13(9-14)10-15(18)17-7-3-4-12(11-17)5-6-16(19)20/h12-14H,2-11H2,1H3,(H,19,20). The van der Waals surface area contributed by atoms with Crippen molar-refractivity contribution < 1.29 is 19.4 Å². The second kappa shape index (κ2) is 7.78. The fourth-order valence-corrected chi connectivity index (χ4v) is 3.44. The summed E-state index contributed by atoms with van der Waals surface area (Å²) in [6, 6.07) is 0. The fraction of sp³-hybridized carbons (Fsp3) is 0.875. The Morgan fingerprint density at radius 2 is 2.05 bits per heavy atom. The minimum absolute atomic E-state index is 0.214. The lowest BCUT2D eigenvalue weighted by molar-refractivity contribution is -0.137. The first-order chi connectivity index (χ1) is 10.1. The third-order valence-corrected chi connectivity index (χ3v) is 4.70. The first-order valence-corrected chi connectivity index (χ1v) is 8.19. The molecule has 0 spiro atoms. The summed E-state index contributed by atoms with van der Waals surface area (Å²) in [7, 11) is 0. The number of carbonyl (C=O) groups excluding carboxylic acids is 1. The van der Waals surface area contributed by atoms with Crippen molar-refractivity contribution in [2.24, 2.45) is 11.8 Å². The van der Waals surface area contributed by atoms with Gasteiger partial charge in [-0.2, -0.15) is 0 Å². The van der Waals surface area contributed by atoms with Gasteiger partial charge >= 0.3 is 5.97 Å². The molecule has 0 radical (unpaired) electrons. The van der Waals surface area contributed by atoms with Gasteiger partial charge in [-0.1, -0.05) is 0 Å². The van der Waals surface area contributed by atoms with Crippen molar-refractivity contribution in [3.05, 3.63) is 0 Å². The Bertz CT molecular complexity index is 365. The largest absolute Gasteiger partial charge is 0.481 e. The van der Waals surface area contributed by atoms with Crippen molar-refractivity contribution >= 4 is 11.9 Å². The molecular weight excluding hydrogens is 270 g/mol. The smallest absolute Gasteiger partial charge is 0.303 e. The molecule has 1 aliphatic carbocycles. The van der Waals surface area contributed by atoms with E-state index in [0.717, 1.165) is 45.4 Å². The van der Waals surface area contributed by atoms with Crippen LogP contribution in [-0.2, 0) is 14.3 Å². The van der Waals surface area contributed by atoms with Crippen LogP contribution in [0.15, 0.2) is 0 Å². The highest BCUT2D eigenvalue weighted by molar-refractivity contribution is 5.76. The van der Waals surface area contributed by atoms with E-state index < -0.39 is 5.97 Å². The maximum Gasteiger partial charge on any atom is 0.303 e. The van der Waals surface area contributed by atoms with Crippen LogP contribution < -0.4 is 0 Å². The van der Waals surface area contributed by atoms with Gasteiger partial charge in [-0.3, -0.25) is 9.59 Å². The average Bonchev–Trinajstić information content (AvgIpc) is 2.43. The molecule has 1 amide bonds. The zero-order valence-electron chi connectivity index (χ0n) is 12.9. The monoisotopic (exact) mass is 297 g/mol. The third-order valence-electron chi connectivity index (χ3n) is 4.70. The first-order valence-electron chi connectivity index (χ1n) is 8.19. The van der Waals surface area contributed by atoms with Crippen LogP contribution in [-0.4, -0.2) is 47.7 Å². The molecule has 1 saturated carbocycles. The van der Waals surface area contributed by atoms with Crippen LogP contribution in [0, 0.1) is 11.8 Å². The van der Waals surface area contributed by atoms with E-state index >= 15 is 0 Å². The lowest BCUT2D eigenvalue weighted by Gasteiger charge is -2.37. The Hall–Kier alpha value is -1.10. The molecule has 1 saturated heterocycles. The highest BCUT2D eigenvalue weighted by Gasteiger charge is 2.33. The van der Waals surface area contributed by atoms with E-state index in [1.807, 2.05) is 11.8 Å². The Morgan fingerprint density at radius 3 is 2.71 bits per heavy atom. The van der Waals surface area contributed by atoms with Crippen molar-refractivity contribution in [1.82, 2.24) is 4.90 Å². The number of carboxylic acid groups (broad SMARTS) is 1. The van der Waals surface area contributed by atoms with Crippen molar-refractivity contribution in [2.45, 2.75) is 58.0 Å². The second-order valence-electron chi connectivity index (χ2n) is 6.40. The van der Waals surface area contributed by atoms with Gasteiger partial charge in [0, 0.05) is 32.5 Å². The van der Waals surface area contributed by atoms with Gasteiger partial charge in [-0.05, 0) is 50.9 Å². The molecule has 0 aromatic carbocycles. The van der Waals surface area contributed by atoms with Gasteiger partial charge in [0.15, 0.2) is 0 Å². The van der Waals surface area contributed by atoms with Gasteiger partial charge in [0.1, 0.15) is 0 Å². The summed E-state index contributed by atoms with van der Waals surface area (Å²) in [5.41, 5.74) is 0. The molecule has 0 aromatic heterocycles. The molecule has 1 atom stereocenters. The van der Waals surface area contributed by atoms with Gasteiger partial charge in [0.05, 0.1) is 6.10 Å². The molecule has 21 heavy (non-hydrogen) atoms. The molecule has 2 aliphatic rings. The van der Waals surface area contributed by atoms with E-state index in [1.54, 1.807) is 0 Å². The summed E-state index contributed by atoms with van der Waals surface area (Å²) in [6.45, 7) is 4.34. The number of likely N-dealkylation sites (tertiary alicyclic amines) is 1. The normalized spacial score (nSPS) is 29.0. The number of carbonyl (C=O) groups is 2. The van der Waals surface area contributed by atoms with Gasteiger partial charge in [0.2, 0.25) is 5.91 Å². The van der Waals surface area contributed by atoms with Crippen LogP contribution in [0.25, 0.3) is 0 Å². The number of hydrogen-bond donors (Lipinski definition) is 1.